The van der Waals surface area contributed by atoms with Gasteiger partial charge < -0.3 is 25.9 Å². The highest BCUT2D eigenvalue weighted by molar-refractivity contribution is 8.01. The number of thioether (sulfide) groups is 1. The fourth-order valence-electron chi connectivity index (χ4n) is 4.78. The highest BCUT2D eigenvalue weighted by Crippen LogP contribution is 2.33. The zero-order valence-electron chi connectivity index (χ0n) is 26.5. The molecule has 0 radical (unpaired) electrons. The van der Waals surface area contributed by atoms with Crippen LogP contribution in [0.3, 0.4) is 0 Å². The van der Waals surface area contributed by atoms with Crippen molar-refractivity contribution in [3.63, 3.8) is 0 Å². The molecular formula is C32H41N9O2S3. The minimum Gasteiger partial charge on any atom is -0.465 e. The number of esters is 1. The van der Waals surface area contributed by atoms with Gasteiger partial charge in [-0.1, -0.05) is 60.6 Å². The number of hydrazine groups is 2. The number of unbranched alkanes of at least 4 members (excludes halogenated alkanes) is 3. The molecule has 0 spiro atoms. The fraction of sp³-hybridized carbons (Fsp3) is 0.406. The molecular weight excluding hydrogens is 639 g/mol. The summed E-state index contributed by atoms with van der Waals surface area (Å²) in [7, 11) is 0. The lowest BCUT2D eigenvalue weighted by Gasteiger charge is -2.15. The quantitative estimate of drug-likeness (QED) is 0.0282. The van der Waals surface area contributed by atoms with E-state index in [9.17, 15) is 4.79 Å². The monoisotopic (exact) mass is 679 g/mol. The number of nitrogens with zero attached hydrogens (tertiary/aromatic N) is 5. The molecule has 244 valence electrons. The molecule has 1 fully saturated rings. The number of aryl methyl sites for hydroxylation is 2. The number of benzene rings is 2. The lowest BCUT2D eigenvalue weighted by Crippen LogP contribution is -2.15. The van der Waals surface area contributed by atoms with Crippen LogP contribution in [0.15, 0.2) is 63.1 Å². The summed E-state index contributed by atoms with van der Waals surface area (Å²) >= 11 is 4.37. The number of anilines is 5. The highest BCUT2D eigenvalue weighted by atomic mass is 32.2. The topological polar surface area (TPSA) is 128 Å². The van der Waals surface area contributed by atoms with E-state index < -0.39 is 0 Å². The van der Waals surface area contributed by atoms with Crippen LogP contribution in [0.5, 0.6) is 0 Å². The van der Waals surface area contributed by atoms with Crippen LogP contribution in [-0.4, -0.2) is 41.6 Å². The average Bonchev–Trinajstić information content (AvgIpc) is 3.84. The van der Waals surface area contributed by atoms with Gasteiger partial charge in [0.1, 0.15) is 5.00 Å². The van der Waals surface area contributed by atoms with Gasteiger partial charge in [-0.3, -0.25) is 10.2 Å². The molecule has 0 bridgehead atoms. The molecule has 0 atom stereocenters. The smallest absolute Gasteiger partial charge is 0.316 e. The van der Waals surface area contributed by atoms with Gasteiger partial charge in [0.15, 0.2) is 4.34 Å². The van der Waals surface area contributed by atoms with Gasteiger partial charge in [0.05, 0.1) is 40.1 Å². The van der Waals surface area contributed by atoms with Crippen molar-refractivity contribution in [2.75, 3.05) is 52.1 Å². The van der Waals surface area contributed by atoms with Crippen LogP contribution >= 0.6 is 34.4 Å². The SMILES string of the molecule is CCCCCCOC(=O)CSc1nnc(N=Nc2ccc(NNc3ccc(NNc4ccc(N5CCCC5)s4)cc3C)cc2C)s1. The Bertz CT molecular complexity index is 1600. The molecule has 2 aromatic carbocycles. The van der Waals surface area contributed by atoms with E-state index in [-0.39, 0.29) is 11.7 Å². The van der Waals surface area contributed by atoms with Gasteiger partial charge in [-0.15, -0.1) is 20.4 Å². The number of hydrogen-bond donors (Lipinski definition) is 4. The highest BCUT2D eigenvalue weighted by Gasteiger charge is 2.14. The van der Waals surface area contributed by atoms with Gasteiger partial charge in [-0.05, 0) is 92.8 Å². The second-order valence-corrected chi connectivity index (χ2v) is 14.2. The van der Waals surface area contributed by atoms with Crippen molar-refractivity contribution in [3.05, 3.63) is 59.7 Å². The van der Waals surface area contributed by atoms with Crippen LogP contribution in [0.1, 0.15) is 56.6 Å². The van der Waals surface area contributed by atoms with E-state index in [1.165, 1.54) is 40.9 Å². The van der Waals surface area contributed by atoms with Gasteiger partial charge in [0.2, 0.25) is 0 Å². The van der Waals surface area contributed by atoms with Crippen molar-refractivity contribution in [2.45, 2.75) is 63.6 Å². The number of rotatable bonds is 17. The number of ether oxygens (including phenoxy) is 1. The molecule has 0 aliphatic carbocycles. The summed E-state index contributed by atoms with van der Waals surface area (Å²) in [6.45, 7) is 8.97. The summed E-state index contributed by atoms with van der Waals surface area (Å²) in [5.74, 6) is -0.0370. The number of thiophene rings is 1. The number of nitrogens with one attached hydrogen (secondary N) is 4. The molecule has 0 amide bonds. The molecule has 1 saturated heterocycles. The van der Waals surface area contributed by atoms with Crippen molar-refractivity contribution >= 4 is 78.3 Å². The van der Waals surface area contributed by atoms with Crippen LogP contribution < -0.4 is 26.6 Å². The summed E-state index contributed by atoms with van der Waals surface area (Å²) in [5, 5.41) is 19.6. The van der Waals surface area contributed by atoms with E-state index in [0.717, 1.165) is 77.7 Å². The second kappa shape index (κ2) is 17.2. The molecule has 11 nitrogen and oxygen atoms in total. The second-order valence-electron chi connectivity index (χ2n) is 11.0. The van der Waals surface area contributed by atoms with Crippen LogP contribution in [0.25, 0.3) is 0 Å². The van der Waals surface area contributed by atoms with E-state index in [4.69, 9.17) is 4.74 Å². The molecule has 4 N–H and O–H groups in total. The van der Waals surface area contributed by atoms with Gasteiger partial charge in [0, 0.05) is 13.1 Å². The van der Waals surface area contributed by atoms with E-state index in [0.29, 0.717) is 16.1 Å². The molecule has 46 heavy (non-hydrogen) atoms. The van der Waals surface area contributed by atoms with E-state index >= 15 is 0 Å². The number of aromatic nitrogens is 2. The average molecular weight is 680 g/mol. The molecule has 3 heterocycles. The minimum atomic E-state index is -0.240. The van der Waals surface area contributed by atoms with Crippen LogP contribution in [0.4, 0.5) is 37.9 Å². The summed E-state index contributed by atoms with van der Waals surface area (Å²) in [6.07, 6.45) is 6.86. The summed E-state index contributed by atoms with van der Waals surface area (Å²) < 4.78 is 5.93. The summed E-state index contributed by atoms with van der Waals surface area (Å²) in [4.78, 5) is 14.4. The normalized spacial score (nSPS) is 12.9. The minimum absolute atomic E-state index is 0.203. The Labute approximate surface area is 282 Å². The predicted molar refractivity (Wildman–Crippen MR) is 193 cm³/mol. The van der Waals surface area contributed by atoms with Crippen LogP contribution in [0.2, 0.25) is 0 Å². The van der Waals surface area contributed by atoms with Crippen LogP contribution in [0, 0.1) is 13.8 Å². The molecule has 1 aliphatic rings. The first-order chi connectivity index (χ1) is 22.5. The van der Waals surface area contributed by atoms with E-state index in [1.807, 2.05) is 37.3 Å². The summed E-state index contributed by atoms with van der Waals surface area (Å²) in [6, 6.07) is 16.3. The lowest BCUT2D eigenvalue weighted by molar-refractivity contribution is -0.140. The first-order valence-corrected chi connectivity index (χ1v) is 18.2. The molecule has 1 aliphatic heterocycles. The molecule has 5 rings (SSSR count). The Morgan fingerprint density at radius 3 is 2.46 bits per heavy atom. The van der Waals surface area contributed by atoms with Gasteiger partial charge in [0.25, 0.3) is 5.13 Å². The lowest BCUT2D eigenvalue weighted by atomic mass is 10.2. The van der Waals surface area contributed by atoms with Crippen molar-refractivity contribution in [3.8, 4) is 0 Å². The van der Waals surface area contributed by atoms with Crippen LogP contribution in [-0.2, 0) is 9.53 Å². The Balaban J connectivity index is 1.05. The predicted octanol–water partition coefficient (Wildman–Crippen LogP) is 9.33. The first-order valence-electron chi connectivity index (χ1n) is 15.6. The van der Waals surface area contributed by atoms with Gasteiger partial charge in [-0.2, -0.15) is 0 Å². The zero-order chi connectivity index (χ0) is 32.1. The van der Waals surface area contributed by atoms with Gasteiger partial charge >= 0.3 is 5.97 Å². The molecule has 0 saturated carbocycles. The third-order valence-corrected chi connectivity index (χ3v) is 10.3. The first kappa shape index (κ1) is 33.5. The maximum atomic E-state index is 11.9. The largest absolute Gasteiger partial charge is 0.465 e. The Kier molecular flexibility index (Phi) is 12.5. The maximum Gasteiger partial charge on any atom is 0.316 e. The molecule has 0 unspecified atom stereocenters. The van der Waals surface area contributed by atoms with Gasteiger partial charge in [-0.25, -0.2) is 0 Å². The van der Waals surface area contributed by atoms with Crippen molar-refractivity contribution in [2.24, 2.45) is 10.2 Å². The Morgan fingerprint density at radius 2 is 1.67 bits per heavy atom. The Morgan fingerprint density at radius 1 is 0.891 bits per heavy atom. The Hall–Kier alpha value is -3.88. The van der Waals surface area contributed by atoms with E-state index in [1.54, 1.807) is 11.3 Å². The number of carbonyl (C=O) groups is 1. The third kappa shape index (κ3) is 10.1. The molecule has 2 aromatic heterocycles. The number of carbonyl (C=O) groups excluding carboxylic acids is 1. The molecule has 14 heteroatoms. The standard InChI is InChI=1S/C32H41N9O2S3/c1-4-5-6-9-18-43-30(42)21-44-32-40-39-31(46-32)38-36-27-13-10-24(19-23(27)3)33-35-26-12-11-25(20-22(26)2)34-37-28-14-15-29(45-28)41-16-7-8-17-41/h10-15,19-20,33-35,37H,4-9,16-18,21H2,1-3H3. The molecule has 4 aromatic rings. The van der Waals surface area contributed by atoms with Crippen molar-refractivity contribution in [1.29, 1.82) is 0 Å². The maximum absolute atomic E-state index is 11.9. The van der Waals surface area contributed by atoms with E-state index in [2.05, 4.69) is 79.1 Å². The zero-order valence-corrected chi connectivity index (χ0v) is 28.9. The summed E-state index contributed by atoms with van der Waals surface area (Å²) in [5.41, 5.74) is 18.9. The van der Waals surface area contributed by atoms with Crippen molar-refractivity contribution in [1.82, 2.24) is 10.2 Å². The third-order valence-electron chi connectivity index (χ3n) is 7.32. The number of hydrogen-bond acceptors (Lipinski definition) is 14. The number of azo groups is 1. The fourth-order valence-corrected chi connectivity index (χ4v) is 7.15. The van der Waals surface area contributed by atoms with Crippen molar-refractivity contribution < 1.29 is 9.53 Å².